The number of nitrogens with zero attached hydrogens (tertiary/aromatic N) is 3. The van der Waals surface area contributed by atoms with Crippen molar-refractivity contribution in [2.45, 2.75) is 26.2 Å². The van der Waals surface area contributed by atoms with Crippen molar-refractivity contribution in [1.82, 2.24) is 14.5 Å². The number of hydrogen-bond acceptors (Lipinski definition) is 4. The third kappa shape index (κ3) is 8.53. The number of ether oxygens (including phenoxy) is 1. The van der Waals surface area contributed by atoms with Crippen LogP contribution in [0.5, 0.6) is 0 Å². The lowest BCUT2D eigenvalue weighted by molar-refractivity contribution is 0.115. The molecule has 0 aromatic rings. The summed E-state index contributed by atoms with van der Waals surface area (Å²) < 4.78 is 30.1. The normalized spacial score (nSPS) is 16.0. The first kappa shape index (κ1) is 20.2. The van der Waals surface area contributed by atoms with Gasteiger partial charge in [0.25, 0.3) is 0 Å². The average molecular weight is 349 g/mol. The molecule has 1 aliphatic rings. The van der Waals surface area contributed by atoms with E-state index in [4.69, 9.17) is 4.74 Å². The third-order valence-corrected chi connectivity index (χ3v) is 5.26. The van der Waals surface area contributed by atoms with Gasteiger partial charge in [-0.1, -0.05) is 6.92 Å². The molecule has 1 aliphatic carbocycles. The summed E-state index contributed by atoms with van der Waals surface area (Å²) in [5.74, 6) is 1.59. The Morgan fingerprint density at radius 3 is 2.57 bits per heavy atom. The van der Waals surface area contributed by atoms with Crippen molar-refractivity contribution in [2.75, 3.05) is 59.7 Å². The van der Waals surface area contributed by atoms with Crippen LogP contribution >= 0.6 is 0 Å². The minimum Gasteiger partial charge on any atom is -0.379 e. The zero-order valence-corrected chi connectivity index (χ0v) is 15.7. The number of guanidine groups is 1. The minimum atomic E-state index is -3.11. The monoisotopic (exact) mass is 348 g/mol. The molecule has 7 nitrogen and oxygen atoms in total. The van der Waals surface area contributed by atoms with Crippen molar-refractivity contribution in [3.05, 3.63) is 0 Å². The van der Waals surface area contributed by atoms with E-state index in [-0.39, 0.29) is 0 Å². The molecule has 1 fully saturated rings. The Morgan fingerprint density at radius 2 is 2.04 bits per heavy atom. The van der Waals surface area contributed by atoms with Crippen LogP contribution in [0.3, 0.4) is 0 Å². The summed E-state index contributed by atoms with van der Waals surface area (Å²) in [4.78, 5) is 6.27. The Labute approximate surface area is 141 Å². The number of aliphatic imine (C=N–C) groups is 1. The molecule has 1 rings (SSSR count). The Morgan fingerprint density at radius 1 is 1.35 bits per heavy atom. The molecular formula is C15H32N4O3S. The summed E-state index contributed by atoms with van der Waals surface area (Å²) in [5, 5.41) is 3.26. The van der Waals surface area contributed by atoms with E-state index in [0.29, 0.717) is 26.2 Å². The quantitative estimate of drug-likeness (QED) is 0.336. The summed E-state index contributed by atoms with van der Waals surface area (Å²) in [6.45, 7) is 5.93. The van der Waals surface area contributed by atoms with Crippen LogP contribution in [0.15, 0.2) is 4.99 Å². The van der Waals surface area contributed by atoms with Crippen molar-refractivity contribution in [3.63, 3.8) is 0 Å². The number of likely N-dealkylation sites (N-methyl/N-ethyl adjacent to an activating group) is 1. The molecule has 0 amide bonds. The first-order valence-corrected chi connectivity index (χ1v) is 10.2. The topological polar surface area (TPSA) is 74.2 Å². The van der Waals surface area contributed by atoms with Crippen molar-refractivity contribution < 1.29 is 13.2 Å². The molecule has 1 N–H and O–H groups in total. The van der Waals surface area contributed by atoms with Crippen LogP contribution in [-0.4, -0.2) is 83.3 Å². The molecule has 0 radical (unpaired) electrons. The molecule has 0 heterocycles. The summed E-state index contributed by atoms with van der Waals surface area (Å²) in [5.41, 5.74) is 0. The summed E-state index contributed by atoms with van der Waals surface area (Å²) in [6.07, 6.45) is 4.60. The molecule has 23 heavy (non-hydrogen) atoms. The second kappa shape index (κ2) is 10.1. The maximum absolute atomic E-state index is 11.5. The molecule has 0 aromatic heterocycles. The predicted octanol–water partition coefficient (Wildman–Crippen LogP) is 0.592. The average Bonchev–Trinajstić information content (AvgIpc) is 3.30. The molecule has 0 aromatic carbocycles. The maximum atomic E-state index is 11.5. The fourth-order valence-electron chi connectivity index (χ4n) is 2.24. The first-order valence-electron chi connectivity index (χ1n) is 8.33. The highest BCUT2D eigenvalue weighted by atomic mass is 32.2. The lowest BCUT2D eigenvalue weighted by Gasteiger charge is -2.23. The second-order valence-electron chi connectivity index (χ2n) is 6.02. The largest absolute Gasteiger partial charge is 0.379 e. The van der Waals surface area contributed by atoms with Gasteiger partial charge in [-0.25, -0.2) is 12.7 Å². The molecular weight excluding hydrogens is 316 g/mol. The molecule has 0 saturated heterocycles. The fraction of sp³-hybridized carbons (Fsp3) is 0.933. The third-order valence-electron chi connectivity index (χ3n) is 3.88. The second-order valence-corrected chi connectivity index (χ2v) is 8.00. The number of nitrogens with one attached hydrogen (secondary N) is 1. The Bertz CT molecular complexity index is 463. The number of hydrogen-bond donors (Lipinski definition) is 1. The zero-order chi connectivity index (χ0) is 17.3. The highest BCUT2D eigenvalue weighted by molar-refractivity contribution is 7.88. The van der Waals surface area contributed by atoms with Gasteiger partial charge < -0.3 is 15.0 Å². The molecule has 0 atom stereocenters. The predicted molar refractivity (Wildman–Crippen MR) is 94.2 cm³/mol. The lowest BCUT2D eigenvalue weighted by atomic mass is 10.4. The number of sulfonamides is 1. The van der Waals surface area contributed by atoms with Crippen molar-refractivity contribution >= 4 is 16.0 Å². The molecule has 8 heteroatoms. The van der Waals surface area contributed by atoms with Crippen molar-refractivity contribution in [1.29, 1.82) is 0 Å². The van der Waals surface area contributed by atoms with Crippen LogP contribution in [-0.2, 0) is 14.8 Å². The van der Waals surface area contributed by atoms with E-state index < -0.39 is 10.0 Å². The first-order chi connectivity index (χ1) is 10.9. The smallest absolute Gasteiger partial charge is 0.211 e. The maximum Gasteiger partial charge on any atom is 0.211 e. The van der Waals surface area contributed by atoms with Gasteiger partial charge in [-0.05, 0) is 25.2 Å². The van der Waals surface area contributed by atoms with E-state index in [9.17, 15) is 8.42 Å². The Kier molecular flexibility index (Phi) is 8.86. The highest BCUT2D eigenvalue weighted by Gasteiger charge is 2.21. The molecule has 0 spiro atoms. The van der Waals surface area contributed by atoms with Crippen LogP contribution in [0.4, 0.5) is 0 Å². The van der Waals surface area contributed by atoms with Crippen LogP contribution in [0.2, 0.25) is 0 Å². The minimum absolute atomic E-state index is 0.506. The molecule has 136 valence electrons. The van der Waals surface area contributed by atoms with Gasteiger partial charge in [0.15, 0.2) is 5.96 Å². The van der Waals surface area contributed by atoms with Gasteiger partial charge in [-0.15, -0.1) is 0 Å². The van der Waals surface area contributed by atoms with E-state index in [0.717, 1.165) is 31.4 Å². The van der Waals surface area contributed by atoms with E-state index in [1.165, 1.54) is 23.4 Å². The van der Waals surface area contributed by atoms with Crippen LogP contribution in [0.25, 0.3) is 0 Å². The molecule has 0 aliphatic heterocycles. The van der Waals surface area contributed by atoms with E-state index in [1.54, 1.807) is 7.05 Å². The van der Waals surface area contributed by atoms with Gasteiger partial charge in [0.1, 0.15) is 0 Å². The van der Waals surface area contributed by atoms with Gasteiger partial charge in [-0.2, -0.15) is 0 Å². The summed E-state index contributed by atoms with van der Waals surface area (Å²) in [6, 6.07) is 0. The van der Waals surface area contributed by atoms with Gasteiger partial charge in [-0.3, -0.25) is 4.99 Å². The molecule has 0 unspecified atom stereocenters. The van der Waals surface area contributed by atoms with Gasteiger partial charge in [0.05, 0.1) is 12.9 Å². The van der Waals surface area contributed by atoms with Gasteiger partial charge in [0.2, 0.25) is 10.0 Å². The number of rotatable bonds is 11. The lowest BCUT2D eigenvalue weighted by Crippen LogP contribution is -2.41. The van der Waals surface area contributed by atoms with E-state index >= 15 is 0 Å². The fourth-order valence-corrected chi connectivity index (χ4v) is 3.17. The van der Waals surface area contributed by atoms with Crippen LogP contribution < -0.4 is 5.32 Å². The highest BCUT2D eigenvalue weighted by Crippen LogP contribution is 2.28. The standard InChI is InChI=1S/C15H32N4O3S/c1-5-19(23(4,20)21)10-6-9-17-15(16-2)18(3)11-12-22-13-14-7-8-14/h14H,5-13H2,1-4H3,(H,16,17). The molecule has 1 saturated carbocycles. The molecule has 0 bridgehead atoms. The Balaban J connectivity index is 2.18. The van der Waals surface area contributed by atoms with E-state index in [2.05, 4.69) is 10.3 Å². The summed E-state index contributed by atoms with van der Waals surface area (Å²) in [7, 11) is 0.619. The van der Waals surface area contributed by atoms with Gasteiger partial charge in [0, 0.05) is 46.9 Å². The van der Waals surface area contributed by atoms with Crippen LogP contribution in [0.1, 0.15) is 26.2 Å². The summed E-state index contributed by atoms with van der Waals surface area (Å²) >= 11 is 0. The van der Waals surface area contributed by atoms with E-state index in [1.807, 2.05) is 18.9 Å². The van der Waals surface area contributed by atoms with Crippen molar-refractivity contribution in [2.24, 2.45) is 10.9 Å². The van der Waals surface area contributed by atoms with Crippen LogP contribution in [0, 0.1) is 5.92 Å². The van der Waals surface area contributed by atoms with Crippen molar-refractivity contribution in [3.8, 4) is 0 Å². The van der Waals surface area contributed by atoms with Gasteiger partial charge >= 0.3 is 0 Å². The SMILES string of the molecule is CCN(CCCNC(=NC)N(C)CCOCC1CC1)S(C)(=O)=O. The Hall–Kier alpha value is -0.860. The zero-order valence-electron chi connectivity index (χ0n) is 14.9.